The normalized spacial score (nSPS) is 17.0. The summed E-state index contributed by atoms with van der Waals surface area (Å²) in [7, 11) is 1.57. The number of hydrogen-bond acceptors (Lipinski definition) is 6. The molecule has 1 fully saturated rings. The quantitative estimate of drug-likeness (QED) is 0.252. The lowest BCUT2D eigenvalue weighted by atomic mass is 10.2. The summed E-state index contributed by atoms with van der Waals surface area (Å²) in [5.74, 6) is -0.0770. The van der Waals surface area contributed by atoms with Gasteiger partial charge in [0, 0.05) is 13.5 Å². The van der Waals surface area contributed by atoms with E-state index in [0.717, 1.165) is 5.56 Å². The standard InChI is InChI=1S/C18H19Cl3N2O4S2/c1-3-14(24)22-16(18(19,20)21)27-12-6-4-11(5-7-12)10-13-15(25)23(8-9-26-2)17(28)29-13/h4-7,10,16H,3,8-9H2,1-2H3,(H,22,24). The Morgan fingerprint density at radius 2 is 2.00 bits per heavy atom. The van der Waals surface area contributed by atoms with Gasteiger partial charge in [0.25, 0.3) is 5.91 Å². The van der Waals surface area contributed by atoms with E-state index in [9.17, 15) is 9.59 Å². The summed E-state index contributed by atoms with van der Waals surface area (Å²) in [6.45, 7) is 2.50. The number of hydrogen-bond donors (Lipinski definition) is 1. The Balaban J connectivity index is 2.10. The molecule has 29 heavy (non-hydrogen) atoms. The number of carbonyl (C=O) groups excluding carboxylic acids is 2. The zero-order valence-corrected chi connectivity index (χ0v) is 19.5. The number of carbonyl (C=O) groups is 2. The SMILES string of the molecule is CCC(=O)NC(Oc1ccc(C=C2SC(=S)N(CCOC)C2=O)cc1)C(Cl)(Cl)Cl. The Morgan fingerprint density at radius 3 is 2.55 bits per heavy atom. The van der Waals surface area contributed by atoms with Crippen LogP contribution in [0, 0.1) is 0 Å². The van der Waals surface area contributed by atoms with Crippen molar-refractivity contribution in [3.63, 3.8) is 0 Å². The van der Waals surface area contributed by atoms with Gasteiger partial charge in [-0.05, 0) is 23.8 Å². The third-order valence-electron chi connectivity index (χ3n) is 3.73. The van der Waals surface area contributed by atoms with E-state index >= 15 is 0 Å². The molecule has 1 aromatic carbocycles. The van der Waals surface area contributed by atoms with Gasteiger partial charge < -0.3 is 14.8 Å². The summed E-state index contributed by atoms with van der Waals surface area (Å²) in [5, 5.41) is 2.51. The largest absolute Gasteiger partial charge is 0.466 e. The Kier molecular flexibility index (Phi) is 9.06. The van der Waals surface area contributed by atoms with Crippen LogP contribution in [0.25, 0.3) is 6.08 Å². The Labute approximate surface area is 193 Å². The van der Waals surface area contributed by atoms with E-state index in [1.807, 2.05) is 0 Å². The first-order chi connectivity index (χ1) is 13.7. The van der Waals surface area contributed by atoms with Gasteiger partial charge in [0.15, 0.2) is 0 Å². The number of thioether (sulfide) groups is 1. The topological polar surface area (TPSA) is 67.9 Å². The second-order valence-electron chi connectivity index (χ2n) is 5.86. The second-order valence-corrected chi connectivity index (χ2v) is 9.90. The van der Waals surface area contributed by atoms with Gasteiger partial charge in [0.1, 0.15) is 10.1 Å². The van der Waals surface area contributed by atoms with Crippen molar-refractivity contribution in [2.45, 2.75) is 23.4 Å². The lowest BCUT2D eigenvalue weighted by molar-refractivity contribution is -0.123. The maximum atomic E-state index is 12.5. The molecule has 158 valence electrons. The van der Waals surface area contributed by atoms with Crippen LogP contribution in [0.3, 0.4) is 0 Å². The predicted molar refractivity (Wildman–Crippen MR) is 121 cm³/mol. The van der Waals surface area contributed by atoms with Crippen LogP contribution in [0.15, 0.2) is 29.2 Å². The summed E-state index contributed by atoms with van der Waals surface area (Å²) in [4.78, 5) is 26.1. The van der Waals surface area contributed by atoms with Crippen LogP contribution in [0.4, 0.5) is 0 Å². The van der Waals surface area contributed by atoms with Gasteiger partial charge in [0.2, 0.25) is 15.9 Å². The molecule has 1 saturated heterocycles. The molecule has 2 rings (SSSR count). The zero-order valence-electron chi connectivity index (χ0n) is 15.6. The van der Waals surface area contributed by atoms with E-state index in [1.54, 1.807) is 44.4 Å². The molecule has 1 aliphatic rings. The number of nitrogens with one attached hydrogen (secondary N) is 1. The minimum Gasteiger partial charge on any atom is -0.466 e. The fraction of sp³-hybridized carbons (Fsp3) is 0.389. The van der Waals surface area contributed by atoms with Gasteiger partial charge in [-0.25, -0.2) is 0 Å². The van der Waals surface area contributed by atoms with Gasteiger partial charge in [-0.3, -0.25) is 14.5 Å². The van der Waals surface area contributed by atoms with E-state index in [2.05, 4.69) is 5.32 Å². The highest BCUT2D eigenvalue weighted by Crippen LogP contribution is 2.34. The number of nitrogens with zero attached hydrogens (tertiary/aromatic N) is 1. The summed E-state index contributed by atoms with van der Waals surface area (Å²) in [6, 6.07) is 6.79. The van der Waals surface area contributed by atoms with E-state index < -0.39 is 10.0 Å². The van der Waals surface area contributed by atoms with Crippen molar-refractivity contribution >= 4 is 81.0 Å². The van der Waals surface area contributed by atoms with Crippen LogP contribution < -0.4 is 10.1 Å². The maximum absolute atomic E-state index is 12.5. The number of ether oxygens (including phenoxy) is 2. The minimum atomic E-state index is -1.85. The van der Waals surface area contributed by atoms with Gasteiger partial charge in [-0.15, -0.1) is 0 Å². The Bertz CT molecular complexity index is 797. The van der Waals surface area contributed by atoms with Crippen LogP contribution >= 0.6 is 58.8 Å². The van der Waals surface area contributed by atoms with Gasteiger partial charge in [-0.2, -0.15) is 0 Å². The van der Waals surface area contributed by atoms with Crippen molar-refractivity contribution in [1.82, 2.24) is 10.2 Å². The van der Waals surface area contributed by atoms with Crippen molar-refractivity contribution in [1.29, 1.82) is 0 Å². The number of methoxy groups -OCH3 is 1. The summed E-state index contributed by atoms with van der Waals surface area (Å²) in [6.07, 6.45) is 0.811. The van der Waals surface area contributed by atoms with Gasteiger partial charge in [-0.1, -0.05) is 77.8 Å². The molecular weight excluding hydrogens is 479 g/mol. The lowest BCUT2D eigenvalue weighted by Crippen LogP contribution is -2.47. The molecule has 1 heterocycles. The third-order valence-corrected chi connectivity index (χ3v) is 5.71. The molecular formula is C18H19Cl3N2O4S2. The Morgan fingerprint density at radius 1 is 1.34 bits per heavy atom. The van der Waals surface area contributed by atoms with Crippen LogP contribution in [-0.2, 0) is 14.3 Å². The van der Waals surface area contributed by atoms with Crippen LogP contribution in [0.5, 0.6) is 5.75 Å². The van der Waals surface area contributed by atoms with E-state index in [4.69, 9.17) is 56.5 Å². The molecule has 0 radical (unpaired) electrons. The molecule has 1 aliphatic heterocycles. The molecule has 0 aromatic heterocycles. The van der Waals surface area contributed by atoms with E-state index in [-0.39, 0.29) is 18.2 Å². The van der Waals surface area contributed by atoms with Crippen molar-refractivity contribution in [3.05, 3.63) is 34.7 Å². The monoisotopic (exact) mass is 496 g/mol. The third kappa shape index (κ3) is 7.01. The summed E-state index contributed by atoms with van der Waals surface area (Å²) < 4.78 is 9.26. The smallest absolute Gasteiger partial charge is 0.266 e. The first kappa shape index (κ1) is 24.2. The molecule has 0 bridgehead atoms. The highest BCUT2D eigenvalue weighted by atomic mass is 35.6. The van der Waals surface area contributed by atoms with Crippen LogP contribution in [0.1, 0.15) is 18.9 Å². The molecule has 11 heteroatoms. The number of benzene rings is 1. The molecule has 0 saturated carbocycles. The van der Waals surface area contributed by atoms with Crippen LogP contribution in [-0.4, -0.2) is 51.3 Å². The van der Waals surface area contributed by atoms with Gasteiger partial charge in [0.05, 0.1) is 18.1 Å². The minimum absolute atomic E-state index is 0.157. The number of amides is 2. The fourth-order valence-corrected chi connectivity index (χ4v) is 3.84. The Hall–Kier alpha value is -1.03. The lowest BCUT2D eigenvalue weighted by Gasteiger charge is -2.26. The second kappa shape index (κ2) is 10.8. The highest BCUT2D eigenvalue weighted by molar-refractivity contribution is 8.26. The molecule has 0 aliphatic carbocycles. The van der Waals surface area contributed by atoms with E-state index in [0.29, 0.717) is 28.1 Å². The average molecular weight is 498 g/mol. The molecule has 1 aromatic rings. The zero-order chi connectivity index (χ0) is 21.6. The fourth-order valence-electron chi connectivity index (χ4n) is 2.23. The molecule has 1 atom stereocenters. The maximum Gasteiger partial charge on any atom is 0.266 e. The summed E-state index contributed by atoms with van der Waals surface area (Å²) in [5.41, 5.74) is 0.771. The summed E-state index contributed by atoms with van der Waals surface area (Å²) >= 11 is 24.2. The highest BCUT2D eigenvalue weighted by Gasteiger charge is 2.36. The van der Waals surface area contributed by atoms with Crippen LogP contribution in [0.2, 0.25) is 0 Å². The van der Waals surface area contributed by atoms with Gasteiger partial charge >= 0.3 is 0 Å². The molecule has 1 N–H and O–H groups in total. The van der Waals surface area contributed by atoms with Crippen molar-refractivity contribution in [3.8, 4) is 5.75 Å². The van der Waals surface area contributed by atoms with Crippen molar-refractivity contribution in [2.24, 2.45) is 0 Å². The molecule has 1 unspecified atom stereocenters. The number of alkyl halides is 3. The first-order valence-corrected chi connectivity index (χ1v) is 10.9. The van der Waals surface area contributed by atoms with Crippen molar-refractivity contribution < 1.29 is 19.1 Å². The first-order valence-electron chi connectivity index (χ1n) is 8.52. The van der Waals surface area contributed by atoms with E-state index in [1.165, 1.54) is 16.7 Å². The number of rotatable bonds is 8. The predicted octanol–water partition coefficient (Wildman–Crippen LogP) is 4.14. The molecule has 2 amide bonds. The number of halogens is 3. The van der Waals surface area contributed by atoms with Crippen molar-refractivity contribution in [2.75, 3.05) is 20.3 Å². The molecule has 0 spiro atoms. The number of thiocarbonyl (C=S) groups is 1. The molecule has 6 nitrogen and oxygen atoms in total. The average Bonchev–Trinajstić information content (AvgIpc) is 2.93.